The van der Waals surface area contributed by atoms with Crippen molar-refractivity contribution in [3.05, 3.63) is 89.6 Å². The highest BCUT2D eigenvalue weighted by Crippen LogP contribution is 2.38. The molecule has 0 aliphatic rings. The number of H-pyrrole nitrogens is 1. The molecule has 0 unspecified atom stereocenters. The lowest BCUT2D eigenvalue weighted by Gasteiger charge is -2.16. The van der Waals surface area contributed by atoms with Gasteiger partial charge in [0, 0.05) is 15.6 Å². The molecule has 26 heavy (non-hydrogen) atoms. The van der Waals surface area contributed by atoms with Gasteiger partial charge in [-0.2, -0.15) is 15.0 Å². The minimum Gasteiger partial charge on any atom is -0.271 e. The van der Waals surface area contributed by atoms with Gasteiger partial charge >= 0.3 is 5.69 Å². The molecule has 0 bridgehead atoms. The maximum Gasteiger partial charge on any atom is 0.349 e. The predicted octanol–water partition coefficient (Wildman–Crippen LogP) is 3.54. The predicted molar refractivity (Wildman–Crippen MR) is 99.4 cm³/mol. The molecular formula is C17H9Cl3N4O2. The molecule has 0 saturated heterocycles. The number of hydrogen-bond acceptors (Lipinski definition) is 4. The minimum absolute atomic E-state index is 0.0839. The molecule has 2 aromatic carbocycles. The van der Waals surface area contributed by atoms with Crippen molar-refractivity contribution in [2.75, 3.05) is 0 Å². The lowest BCUT2D eigenvalue weighted by molar-refractivity contribution is 0.748. The minimum atomic E-state index is -0.786. The lowest BCUT2D eigenvalue weighted by atomic mass is 9.92. The largest absolute Gasteiger partial charge is 0.349 e. The fraction of sp³-hybridized carbons (Fsp3) is 0.0588. The van der Waals surface area contributed by atoms with E-state index in [1.807, 2.05) is 0 Å². The molecule has 130 valence electrons. The van der Waals surface area contributed by atoms with E-state index in [1.165, 1.54) is 12.1 Å². The lowest BCUT2D eigenvalue weighted by Crippen LogP contribution is -2.30. The Balaban J connectivity index is 2.22. The molecule has 0 fully saturated rings. The normalized spacial score (nSPS) is 11.8. The van der Waals surface area contributed by atoms with E-state index in [1.54, 1.807) is 24.3 Å². The molecule has 3 aromatic rings. The molecule has 0 aliphatic carbocycles. The Bertz CT molecular complexity index is 1130. The standard InChI is InChI=1S/C17H9Cl3N4O2/c18-10-3-1-9(2-4-10)11(7-21)15-12(19)5-6-13(16(15)20)24-17(26)23-14(25)8-22-24/h1-6,8,11H,(H,23,25,26)/t11-/m1/s1. The molecule has 1 heterocycles. The van der Waals surface area contributed by atoms with Crippen molar-refractivity contribution in [3.63, 3.8) is 0 Å². The third kappa shape index (κ3) is 3.37. The summed E-state index contributed by atoms with van der Waals surface area (Å²) in [5, 5.41) is 14.3. The van der Waals surface area contributed by atoms with Crippen LogP contribution in [-0.2, 0) is 0 Å². The van der Waals surface area contributed by atoms with Crippen molar-refractivity contribution in [1.29, 1.82) is 5.26 Å². The molecule has 1 aromatic heterocycles. The first-order valence-corrected chi connectivity index (χ1v) is 8.37. The number of nitrogens with one attached hydrogen (secondary N) is 1. The zero-order chi connectivity index (χ0) is 18.8. The van der Waals surface area contributed by atoms with Gasteiger partial charge in [-0.15, -0.1) is 0 Å². The fourth-order valence-corrected chi connectivity index (χ4v) is 3.27. The van der Waals surface area contributed by atoms with E-state index in [9.17, 15) is 14.9 Å². The van der Waals surface area contributed by atoms with Crippen LogP contribution in [0.2, 0.25) is 15.1 Å². The number of benzene rings is 2. The van der Waals surface area contributed by atoms with Crippen LogP contribution in [0, 0.1) is 11.3 Å². The summed E-state index contributed by atoms with van der Waals surface area (Å²) in [6.07, 6.45) is 0.951. The molecule has 0 amide bonds. The zero-order valence-corrected chi connectivity index (χ0v) is 15.2. The van der Waals surface area contributed by atoms with Gasteiger partial charge in [0.05, 0.1) is 22.7 Å². The third-order valence-corrected chi connectivity index (χ3v) is 4.65. The Labute approximate surface area is 162 Å². The number of rotatable bonds is 3. The number of aromatic nitrogens is 3. The van der Waals surface area contributed by atoms with Gasteiger partial charge in [0.2, 0.25) is 0 Å². The number of nitriles is 1. The van der Waals surface area contributed by atoms with Crippen molar-refractivity contribution in [3.8, 4) is 11.8 Å². The fourth-order valence-electron chi connectivity index (χ4n) is 2.47. The molecule has 1 atom stereocenters. The maximum absolute atomic E-state index is 12.0. The number of hydrogen-bond donors (Lipinski definition) is 1. The number of halogens is 3. The number of aromatic amines is 1. The van der Waals surface area contributed by atoms with Gasteiger partial charge in [-0.25, -0.2) is 4.79 Å². The van der Waals surface area contributed by atoms with Crippen LogP contribution < -0.4 is 11.2 Å². The first-order chi connectivity index (χ1) is 12.4. The highest BCUT2D eigenvalue weighted by atomic mass is 35.5. The van der Waals surface area contributed by atoms with Gasteiger partial charge in [0.1, 0.15) is 6.20 Å². The van der Waals surface area contributed by atoms with E-state index in [2.05, 4.69) is 16.2 Å². The van der Waals surface area contributed by atoms with Crippen molar-refractivity contribution < 1.29 is 0 Å². The molecule has 3 rings (SSSR count). The monoisotopic (exact) mass is 406 g/mol. The second-order valence-corrected chi connectivity index (χ2v) is 6.48. The van der Waals surface area contributed by atoms with Crippen LogP contribution in [0.3, 0.4) is 0 Å². The Morgan fingerprint density at radius 3 is 2.38 bits per heavy atom. The van der Waals surface area contributed by atoms with Crippen LogP contribution in [-0.4, -0.2) is 14.8 Å². The number of nitrogens with zero attached hydrogens (tertiary/aromatic N) is 3. The van der Waals surface area contributed by atoms with Crippen LogP contribution >= 0.6 is 34.8 Å². The van der Waals surface area contributed by atoms with Crippen molar-refractivity contribution in [2.24, 2.45) is 0 Å². The summed E-state index contributed by atoms with van der Waals surface area (Å²) in [5.74, 6) is -0.786. The van der Waals surface area contributed by atoms with Crippen molar-refractivity contribution in [2.45, 2.75) is 5.92 Å². The Kier molecular flexibility index (Phi) is 5.14. The maximum atomic E-state index is 12.0. The van der Waals surface area contributed by atoms with Gasteiger partial charge in [0.15, 0.2) is 0 Å². The van der Waals surface area contributed by atoms with E-state index in [0.29, 0.717) is 16.1 Å². The van der Waals surface area contributed by atoms with Crippen LogP contribution in [0.1, 0.15) is 17.0 Å². The van der Waals surface area contributed by atoms with Crippen molar-refractivity contribution in [1.82, 2.24) is 14.8 Å². The first-order valence-electron chi connectivity index (χ1n) is 7.24. The molecule has 6 nitrogen and oxygen atoms in total. The van der Waals surface area contributed by atoms with E-state index < -0.39 is 17.2 Å². The molecule has 0 radical (unpaired) electrons. The average molecular weight is 408 g/mol. The van der Waals surface area contributed by atoms with Gasteiger partial charge in [-0.1, -0.05) is 46.9 Å². The van der Waals surface area contributed by atoms with Crippen LogP contribution in [0.15, 0.2) is 52.2 Å². The Morgan fingerprint density at radius 1 is 1.08 bits per heavy atom. The topological polar surface area (TPSA) is 91.5 Å². The van der Waals surface area contributed by atoms with Crippen LogP contribution in [0.5, 0.6) is 0 Å². The molecule has 9 heteroatoms. The van der Waals surface area contributed by atoms with Gasteiger partial charge in [-0.05, 0) is 29.8 Å². The zero-order valence-electron chi connectivity index (χ0n) is 12.9. The second kappa shape index (κ2) is 7.34. The first kappa shape index (κ1) is 18.2. The third-order valence-electron chi connectivity index (χ3n) is 3.67. The Hall–Kier alpha value is -2.59. The summed E-state index contributed by atoms with van der Waals surface area (Å²) < 4.78 is 0.930. The van der Waals surface area contributed by atoms with E-state index >= 15 is 0 Å². The van der Waals surface area contributed by atoms with E-state index in [4.69, 9.17) is 34.8 Å². The quantitative estimate of drug-likeness (QED) is 0.719. The second-order valence-electron chi connectivity index (χ2n) is 5.26. The van der Waals surface area contributed by atoms with Crippen LogP contribution in [0.4, 0.5) is 0 Å². The molecular weight excluding hydrogens is 399 g/mol. The summed E-state index contributed by atoms with van der Waals surface area (Å²) >= 11 is 18.6. The van der Waals surface area contributed by atoms with E-state index in [0.717, 1.165) is 10.9 Å². The van der Waals surface area contributed by atoms with Crippen molar-refractivity contribution >= 4 is 34.8 Å². The molecule has 0 spiro atoms. The van der Waals surface area contributed by atoms with Gasteiger partial charge in [-0.3, -0.25) is 9.78 Å². The summed E-state index contributed by atoms with van der Waals surface area (Å²) in [6, 6.07) is 11.9. The average Bonchev–Trinajstić information content (AvgIpc) is 2.61. The smallest absolute Gasteiger partial charge is 0.271 e. The SMILES string of the molecule is N#C[C@H](c1ccc(Cl)cc1)c1c(Cl)ccc(-n2ncc(=O)[nH]c2=O)c1Cl. The Morgan fingerprint density at radius 2 is 1.77 bits per heavy atom. The summed E-state index contributed by atoms with van der Waals surface area (Å²) in [5.41, 5.74) is -0.225. The van der Waals surface area contributed by atoms with Crippen LogP contribution in [0.25, 0.3) is 5.69 Å². The summed E-state index contributed by atoms with van der Waals surface area (Å²) in [7, 11) is 0. The molecule has 0 aliphatic heterocycles. The van der Waals surface area contributed by atoms with Gasteiger partial charge in [0.25, 0.3) is 5.56 Å². The van der Waals surface area contributed by atoms with E-state index in [-0.39, 0.29) is 15.7 Å². The summed E-state index contributed by atoms with van der Waals surface area (Å²) in [4.78, 5) is 25.3. The highest BCUT2D eigenvalue weighted by molar-refractivity contribution is 6.37. The molecule has 1 N–H and O–H groups in total. The van der Waals surface area contributed by atoms with Gasteiger partial charge < -0.3 is 0 Å². The summed E-state index contributed by atoms with van der Waals surface area (Å²) in [6.45, 7) is 0. The molecule has 0 saturated carbocycles. The highest BCUT2D eigenvalue weighted by Gasteiger charge is 2.23.